The largest absolute Gasteiger partial charge is 0.367 e. The Morgan fingerprint density at radius 2 is 1.82 bits per heavy atom. The van der Waals surface area contributed by atoms with Crippen LogP contribution in [0.1, 0.15) is 35.6 Å². The molecule has 0 fully saturated rings. The molecule has 2 aromatic rings. The number of hydrogen-bond donors (Lipinski definition) is 1. The summed E-state index contributed by atoms with van der Waals surface area (Å²) in [6.07, 6.45) is 4.91. The average molecular weight is 294 g/mol. The van der Waals surface area contributed by atoms with E-state index in [1.165, 1.54) is 30.5 Å². The Labute approximate surface area is 134 Å². The smallest absolute Gasteiger partial charge is 0.0551 e. The van der Waals surface area contributed by atoms with Crippen LogP contribution in [0.25, 0.3) is 0 Å². The third-order valence-corrected chi connectivity index (χ3v) is 4.81. The molecule has 0 heterocycles. The van der Waals surface area contributed by atoms with Gasteiger partial charge in [-0.25, -0.2) is 0 Å². The van der Waals surface area contributed by atoms with Gasteiger partial charge in [0.1, 0.15) is 0 Å². The van der Waals surface area contributed by atoms with Crippen molar-refractivity contribution in [2.75, 3.05) is 25.5 Å². The highest BCUT2D eigenvalue weighted by Crippen LogP contribution is 2.32. The summed E-state index contributed by atoms with van der Waals surface area (Å²) in [4.78, 5) is 2.44. The van der Waals surface area contributed by atoms with Crippen molar-refractivity contribution >= 4 is 5.69 Å². The van der Waals surface area contributed by atoms with E-state index >= 15 is 0 Å². The molecule has 0 bridgehead atoms. The van der Waals surface area contributed by atoms with E-state index in [0.717, 1.165) is 13.0 Å². The highest BCUT2D eigenvalue weighted by atomic mass is 15.1. The lowest BCUT2D eigenvalue weighted by Crippen LogP contribution is -2.27. The number of aryl methyl sites for hydroxylation is 2. The maximum absolute atomic E-state index is 3.29. The van der Waals surface area contributed by atoms with Crippen LogP contribution in [0.5, 0.6) is 0 Å². The Morgan fingerprint density at radius 1 is 1.05 bits per heavy atom. The highest BCUT2D eigenvalue weighted by Gasteiger charge is 2.19. The van der Waals surface area contributed by atoms with E-state index in [1.54, 1.807) is 11.1 Å². The van der Waals surface area contributed by atoms with Crippen molar-refractivity contribution in [1.82, 2.24) is 5.32 Å². The number of anilines is 1. The fourth-order valence-corrected chi connectivity index (χ4v) is 3.50. The van der Waals surface area contributed by atoms with Gasteiger partial charge in [0.15, 0.2) is 0 Å². The zero-order valence-corrected chi connectivity index (χ0v) is 13.7. The van der Waals surface area contributed by atoms with Gasteiger partial charge in [0.05, 0.1) is 6.04 Å². The Hall–Kier alpha value is -1.80. The van der Waals surface area contributed by atoms with E-state index in [0.29, 0.717) is 6.04 Å². The topological polar surface area (TPSA) is 15.3 Å². The molecule has 1 N–H and O–H groups in total. The molecule has 0 saturated heterocycles. The molecule has 3 rings (SSSR count). The van der Waals surface area contributed by atoms with E-state index in [-0.39, 0.29) is 0 Å². The lowest BCUT2D eigenvalue weighted by molar-refractivity contribution is 0.586. The van der Waals surface area contributed by atoms with Crippen LogP contribution in [0.3, 0.4) is 0 Å². The SMILES string of the molecule is CNCCC(c1ccccc1)N(C)c1ccc2c(c1)CCC2. The van der Waals surface area contributed by atoms with Crippen LogP contribution < -0.4 is 10.2 Å². The van der Waals surface area contributed by atoms with Crippen molar-refractivity contribution < 1.29 is 0 Å². The Bertz CT molecular complexity index is 606. The van der Waals surface area contributed by atoms with Crippen LogP contribution in [0.2, 0.25) is 0 Å². The van der Waals surface area contributed by atoms with Gasteiger partial charge in [0, 0.05) is 12.7 Å². The van der Waals surface area contributed by atoms with Crippen LogP contribution in [0.15, 0.2) is 48.5 Å². The van der Waals surface area contributed by atoms with Crippen molar-refractivity contribution in [3.05, 3.63) is 65.2 Å². The molecule has 22 heavy (non-hydrogen) atoms. The first-order chi connectivity index (χ1) is 10.8. The molecule has 1 aliphatic carbocycles. The molecule has 116 valence electrons. The van der Waals surface area contributed by atoms with Crippen LogP contribution in [0, 0.1) is 0 Å². The minimum Gasteiger partial charge on any atom is -0.367 e. The zero-order valence-electron chi connectivity index (χ0n) is 13.7. The molecular formula is C20H26N2. The summed E-state index contributed by atoms with van der Waals surface area (Å²) < 4.78 is 0. The fraction of sp³-hybridized carbons (Fsp3) is 0.400. The first-order valence-corrected chi connectivity index (χ1v) is 8.34. The molecule has 0 radical (unpaired) electrons. The second kappa shape index (κ2) is 6.97. The Kier molecular flexibility index (Phi) is 4.79. The molecule has 2 heteroatoms. The van der Waals surface area contributed by atoms with Crippen LogP contribution in [-0.2, 0) is 12.8 Å². The van der Waals surface area contributed by atoms with Gasteiger partial charge in [-0.1, -0.05) is 36.4 Å². The summed E-state index contributed by atoms with van der Waals surface area (Å²) in [5, 5.41) is 3.29. The van der Waals surface area contributed by atoms with Crippen molar-refractivity contribution in [3.63, 3.8) is 0 Å². The van der Waals surface area contributed by atoms with E-state index < -0.39 is 0 Å². The van der Waals surface area contributed by atoms with Crippen molar-refractivity contribution in [3.8, 4) is 0 Å². The summed E-state index contributed by atoms with van der Waals surface area (Å²) in [7, 11) is 4.25. The number of fused-ring (bicyclic) bond motifs is 1. The number of nitrogens with one attached hydrogen (secondary N) is 1. The molecule has 1 aliphatic rings. The van der Waals surface area contributed by atoms with Gasteiger partial charge in [0.25, 0.3) is 0 Å². The van der Waals surface area contributed by atoms with Gasteiger partial charge < -0.3 is 10.2 Å². The molecule has 1 unspecified atom stereocenters. The summed E-state index contributed by atoms with van der Waals surface area (Å²) >= 11 is 0. The molecule has 0 amide bonds. The van der Waals surface area contributed by atoms with E-state index in [2.05, 4.69) is 65.8 Å². The molecule has 0 spiro atoms. The Balaban J connectivity index is 1.86. The summed E-state index contributed by atoms with van der Waals surface area (Å²) in [6, 6.07) is 18.3. The first kappa shape index (κ1) is 15.1. The highest BCUT2D eigenvalue weighted by molar-refractivity contribution is 5.53. The summed E-state index contributed by atoms with van der Waals surface area (Å²) in [6.45, 7) is 1.02. The fourth-order valence-electron chi connectivity index (χ4n) is 3.50. The number of rotatable bonds is 6. The first-order valence-electron chi connectivity index (χ1n) is 8.34. The predicted molar refractivity (Wildman–Crippen MR) is 94.6 cm³/mol. The minimum atomic E-state index is 0.410. The van der Waals surface area contributed by atoms with E-state index in [9.17, 15) is 0 Å². The van der Waals surface area contributed by atoms with Gasteiger partial charge in [0.2, 0.25) is 0 Å². The summed E-state index contributed by atoms with van der Waals surface area (Å²) in [5.41, 5.74) is 5.82. The van der Waals surface area contributed by atoms with Crippen molar-refractivity contribution in [2.45, 2.75) is 31.7 Å². The molecular weight excluding hydrogens is 268 g/mol. The van der Waals surface area contributed by atoms with Crippen molar-refractivity contribution in [2.24, 2.45) is 0 Å². The monoisotopic (exact) mass is 294 g/mol. The van der Waals surface area contributed by atoms with Gasteiger partial charge in [-0.15, -0.1) is 0 Å². The molecule has 1 atom stereocenters. The molecule has 2 aromatic carbocycles. The second-order valence-corrected chi connectivity index (χ2v) is 6.24. The second-order valence-electron chi connectivity index (χ2n) is 6.24. The molecule has 0 aliphatic heterocycles. The average Bonchev–Trinajstić information content (AvgIpc) is 3.03. The standard InChI is InChI=1S/C20H26N2/c1-21-14-13-20(17-7-4-3-5-8-17)22(2)19-12-11-16-9-6-10-18(16)15-19/h3-5,7-8,11-12,15,20-21H,6,9-10,13-14H2,1-2H3. The lowest BCUT2D eigenvalue weighted by Gasteiger charge is -2.31. The third-order valence-electron chi connectivity index (χ3n) is 4.81. The third kappa shape index (κ3) is 3.17. The number of benzene rings is 2. The van der Waals surface area contributed by atoms with Gasteiger partial charge in [-0.05, 0) is 68.1 Å². The quantitative estimate of drug-likeness (QED) is 0.867. The van der Waals surface area contributed by atoms with E-state index in [1.807, 2.05) is 7.05 Å². The molecule has 0 aromatic heterocycles. The van der Waals surface area contributed by atoms with Gasteiger partial charge in [-0.2, -0.15) is 0 Å². The van der Waals surface area contributed by atoms with Crippen molar-refractivity contribution in [1.29, 1.82) is 0 Å². The van der Waals surface area contributed by atoms with E-state index in [4.69, 9.17) is 0 Å². The van der Waals surface area contributed by atoms with Crippen LogP contribution in [0.4, 0.5) is 5.69 Å². The summed E-state index contributed by atoms with van der Waals surface area (Å²) in [5.74, 6) is 0. The molecule has 0 saturated carbocycles. The maximum atomic E-state index is 3.29. The zero-order chi connectivity index (χ0) is 15.4. The maximum Gasteiger partial charge on any atom is 0.0551 e. The predicted octanol–water partition coefficient (Wildman–Crippen LogP) is 3.96. The van der Waals surface area contributed by atoms with Crippen LogP contribution in [-0.4, -0.2) is 20.6 Å². The van der Waals surface area contributed by atoms with Crippen LogP contribution >= 0.6 is 0 Å². The normalized spacial score (nSPS) is 14.6. The van der Waals surface area contributed by atoms with Gasteiger partial charge >= 0.3 is 0 Å². The number of nitrogens with zero attached hydrogens (tertiary/aromatic N) is 1. The lowest BCUT2D eigenvalue weighted by atomic mass is 10.0. The number of hydrogen-bond acceptors (Lipinski definition) is 2. The Morgan fingerprint density at radius 3 is 2.59 bits per heavy atom. The molecule has 2 nitrogen and oxygen atoms in total. The minimum absolute atomic E-state index is 0.410. The van der Waals surface area contributed by atoms with Gasteiger partial charge in [-0.3, -0.25) is 0 Å².